The Labute approximate surface area is 357 Å². The van der Waals surface area contributed by atoms with E-state index in [1.54, 1.807) is 0 Å². The van der Waals surface area contributed by atoms with Crippen LogP contribution in [0, 0.1) is 0 Å². The summed E-state index contributed by atoms with van der Waals surface area (Å²) in [5.41, 5.74) is 10.2. The van der Waals surface area contributed by atoms with E-state index in [1.807, 2.05) is 133 Å². The molecule has 3 amide bonds. The summed E-state index contributed by atoms with van der Waals surface area (Å²) in [4.78, 5) is 40.4. The van der Waals surface area contributed by atoms with Crippen LogP contribution in [-0.4, -0.2) is 49.8 Å². The second-order valence-corrected chi connectivity index (χ2v) is 15.7. The molecule has 0 heterocycles. The zero-order valence-corrected chi connectivity index (χ0v) is 34.2. The topological polar surface area (TPSA) is 118 Å². The average molecular weight is 813 g/mol. The van der Waals surface area contributed by atoms with Crippen LogP contribution in [0.1, 0.15) is 71.3 Å². The Hall–Kier alpha value is -6.71. The highest BCUT2D eigenvalue weighted by Crippen LogP contribution is 2.46. The van der Waals surface area contributed by atoms with Crippen molar-refractivity contribution in [2.75, 3.05) is 19.6 Å². The van der Waals surface area contributed by atoms with Crippen LogP contribution >= 0.6 is 0 Å². The number of unbranched alkanes of at least 4 members (excludes halogenated alkanes) is 3. The third-order valence-electron chi connectivity index (χ3n) is 11.5. The van der Waals surface area contributed by atoms with Crippen molar-refractivity contribution in [3.8, 4) is 22.3 Å². The lowest BCUT2D eigenvalue weighted by Gasteiger charge is -2.22. The first-order chi connectivity index (χ1) is 30.0. The van der Waals surface area contributed by atoms with Gasteiger partial charge in [0.05, 0.1) is 0 Å². The van der Waals surface area contributed by atoms with Gasteiger partial charge in [0, 0.05) is 47.8 Å². The molecule has 2 aliphatic rings. The molecule has 9 nitrogen and oxygen atoms in total. The van der Waals surface area contributed by atoms with Gasteiger partial charge in [-0.3, -0.25) is 4.79 Å². The van der Waals surface area contributed by atoms with Crippen molar-refractivity contribution < 1.29 is 23.9 Å². The van der Waals surface area contributed by atoms with Crippen molar-refractivity contribution in [1.82, 2.24) is 21.3 Å². The molecule has 0 radical (unpaired) electrons. The Morgan fingerprint density at radius 2 is 0.869 bits per heavy atom. The highest BCUT2D eigenvalue weighted by Gasteiger charge is 2.33. The summed E-state index contributed by atoms with van der Waals surface area (Å²) in [5.74, 6) is -0.244. The monoisotopic (exact) mass is 812 g/mol. The molecule has 0 aliphatic heterocycles. The van der Waals surface area contributed by atoms with Crippen LogP contribution in [0.4, 0.5) is 9.59 Å². The summed E-state index contributed by atoms with van der Waals surface area (Å²) in [5, 5.41) is 12.6. The number of hydrogen-bond acceptors (Lipinski definition) is 6. The first-order valence-corrected chi connectivity index (χ1v) is 21.4. The van der Waals surface area contributed by atoms with Crippen molar-refractivity contribution >= 4 is 18.1 Å². The maximum Gasteiger partial charge on any atom is 0.408 e. The molecule has 8 rings (SSSR count). The van der Waals surface area contributed by atoms with Gasteiger partial charge in [0.1, 0.15) is 6.04 Å². The predicted octanol–water partition coefficient (Wildman–Crippen LogP) is 9.47. The van der Waals surface area contributed by atoms with Gasteiger partial charge in [0.25, 0.3) is 0 Å². The Morgan fingerprint density at radius 3 is 1.36 bits per heavy atom. The van der Waals surface area contributed by atoms with Crippen LogP contribution in [-0.2, 0) is 27.1 Å². The number of benzene rings is 6. The fourth-order valence-corrected chi connectivity index (χ4v) is 8.54. The first kappa shape index (κ1) is 41.0. The highest BCUT2D eigenvalue weighted by atomic mass is 16.6. The molecule has 0 fully saturated rings. The van der Waals surface area contributed by atoms with Gasteiger partial charge in [-0.2, -0.15) is 0 Å². The van der Waals surface area contributed by atoms with Crippen molar-refractivity contribution in [1.29, 1.82) is 0 Å². The molecule has 2 atom stereocenters. The molecule has 9 heteroatoms. The van der Waals surface area contributed by atoms with Crippen molar-refractivity contribution in [2.45, 2.75) is 62.8 Å². The Bertz CT molecular complexity index is 2330. The van der Waals surface area contributed by atoms with Crippen LogP contribution in [0.3, 0.4) is 0 Å². The standard InChI is InChI=1S/C52H52N4O5/c57-50(47(34-37-21-7-4-8-22-37)56-52(59)61-49-45-29-15-11-25-41(45)42-26-12-16-30-46(42)49)54-32-18-2-1-17-31-53-35-38(33-36-19-5-3-6-20-36)55-51(58)60-48-43-27-13-9-23-39(43)40-24-10-14-28-44(40)48/h3-16,19-30,38,47-49,53H,1-2,17-18,31-35H2,(H,54,57)(H,55,58)(H,56,59). The summed E-state index contributed by atoms with van der Waals surface area (Å²) in [6.45, 7) is 1.88. The molecule has 0 aromatic heterocycles. The number of carbonyl (C=O) groups is 3. The van der Waals surface area contributed by atoms with E-state index in [1.165, 1.54) is 0 Å². The Kier molecular flexibility index (Phi) is 13.5. The number of ether oxygens (including phenoxy) is 2. The SMILES string of the molecule is O=C(NC(CNCCCCCCNC(=O)C(Cc1ccccc1)NC(=O)OC1c2ccccc2-c2ccccc21)Cc1ccccc1)OC1c2ccccc2-c2ccccc21. The number of rotatable bonds is 18. The quantitative estimate of drug-likeness (QED) is 0.0643. The molecule has 0 bridgehead atoms. The zero-order valence-electron chi connectivity index (χ0n) is 34.2. The Balaban J connectivity index is 0.783. The maximum atomic E-state index is 13.5. The van der Waals surface area contributed by atoms with Crippen LogP contribution in [0.25, 0.3) is 22.3 Å². The largest absolute Gasteiger partial charge is 0.436 e. The number of hydrogen-bond donors (Lipinski definition) is 4. The minimum Gasteiger partial charge on any atom is -0.436 e. The second kappa shape index (κ2) is 20.0. The summed E-state index contributed by atoms with van der Waals surface area (Å²) in [6, 6.07) is 50.9. The van der Waals surface area contributed by atoms with E-state index in [0.717, 1.165) is 87.9 Å². The van der Waals surface area contributed by atoms with Crippen LogP contribution in [0.5, 0.6) is 0 Å². The van der Waals surface area contributed by atoms with Crippen molar-refractivity contribution in [3.63, 3.8) is 0 Å². The molecule has 2 aliphatic carbocycles. The third kappa shape index (κ3) is 10.2. The third-order valence-corrected chi connectivity index (χ3v) is 11.5. The van der Waals surface area contributed by atoms with E-state index in [-0.39, 0.29) is 11.9 Å². The molecule has 0 saturated heterocycles. The minimum absolute atomic E-state index is 0.170. The van der Waals surface area contributed by atoms with Gasteiger partial charge in [-0.15, -0.1) is 0 Å². The highest BCUT2D eigenvalue weighted by molar-refractivity contribution is 5.86. The number of nitrogens with one attached hydrogen (secondary N) is 4. The lowest BCUT2D eigenvalue weighted by Crippen LogP contribution is -2.48. The van der Waals surface area contributed by atoms with Crippen molar-refractivity contribution in [2.24, 2.45) is 0 Å². The molecule has 61 heavy (non-hydrogen) atoms. The van der Waals surface area contributed by atoms with E-state index >= 15 is 0 Å². The van der Waals surface area contributed by atoms with Crippen molar-refractivity contribution in [3.05, 3.63) is 191 Å². The molecule has 2 unspecified atom stereocenters. The summed E-state index contributed by atoms with van der Waals surface area (Å²) >= 11 is 0. The Morgan fingerprint density at radius 1 is 0.459 bits per heavy atom. The maximum absolute atomic E-state index is 13.5. The van der Waals surface area contributed by atoms with Crippen LogP contribution in [0.2, 0.25) is 0 Å². The average Bonchev–Trinajstić information content (AvgIpc) is 3.78. The van der Waals surface area contributed by atoms with Gasteiger partial charge in [-0.05, 0) is 59.2 Å². The van der Waals surface area contributed by atoms with E-state index < -0.39 is 30.4 Å². The fourth-order valence-electron chi connectivity index (χ4n) is 8.54. The van der Waals surface area contributed by atoms with Crippen LogP contribution < -0.4 is 21.3 Å². The molecular formula is C52H52N4O5. The van der Waals surface area contributed by atoms with E-state index in [4.69, 9.17) is 9.47 Å². The molecule has 0 spiro atoms. The summed E-state index contributed by atoms with van der Waals surface area (Å²) in [6.07, 6.45) is 2.59. The fraction of sp³-hybridized carbons (Fsp3) is 0.250. The molecule has 6 aromatic carbocycles. The van der Waals surface area contributed by atoms with E-state index in [9.17, 15) is 14.4 Å². The van der Waals surface area contributed by atoms with Gasteiger partial charge in [-0.1, -0.05) is 171 Å². The number of fused-ring (bicyclic) bond motifs is 6. The van der Waals surface area contributed by atoms with Gasteiger partial charge in [-0.25, -0.2) is 9.59 Å². The van der Waals surface area contributed by atoms with Crippen LogP contribution in [0.15, 0.2) is 158 Å². The number of alkyl carbamates (subject to hydrolysis) is 2. The lowest BCUT2D eigenvalue weighted by atomic mass is 10.1. The zero-order chi connectivity index (χ0) is 41.8. The normalized spacial score (nSPS) is 13.5. The number of carbonyl (C=O) groups excluding carboxylic acids is 3. The lowest BCUT2D eigenvalue weighted by molar-refractivity contribution is -0.123. The first-order valence-electron chi connectivity index (χ1n) is 21.4. The van der Waals surface area contributed by atoms with Gasteiger partial charge in [0.15, 0.2) is 12.2 Å². The van der Waals surface area contributed by atoms with Gasteiger partial charge < -0.3 is 30.7 Å². The summed E-state index contributed by atoms with van der Waals surface area (Å²) < 4.78 is 12.1. The molecule has 6 aromatic rings. The van der Waals surface area contributed by atoms with Gasteiger partial charge >= 0.3 is 12.2 Å². The molecule has 310 valence electrons. The molecule has 4 N–H and O–H groups in total. The minimum atomic E-state index is -0.800. The summed E-state index contributed by atoms with van der Waals surface area (Å²) in [7, 11) is 0. The van der Waals surface area contributed by atoms with E-state index in [0.29, 0.717) is 25.9 Å². The smallest absolute Gasteiger partial charge is 0.408 e. The predicted molar refractivity (Wildman–Crippen MR) is 239 cm³/mol. The molecule has 0 saturated carbocycles. The number of amides is 3. The second-order valence-electron chi connectivity index (χ2n) is 15.7. The van der Waals surface area contributed by atoms with E-state index in [2.05, 4.69) is 45.5 Å². The van der Waals surface area contributed by atoms with Gasteiger partial charge in [0.2, 0.25) is 5.91 Å². The molecular weight excluding hydrogens is 761 g/mol.